The predicted molar refractivity (Wildman–Crippen MR) is 164 cm³/mol. The first-order chi connectivity index (χ1) is 21.6. The normalized spacial score (nSPS) is 25.2. The molecule has 4 aliphatic heterocycles. The minimum atomic E-state index is -4.80. The van der Waals surface area contributed by atoms with Gasteiger partial charge in [0.2, 0.25) is 10.0 Å². The predicted octanol–water partition coefficient (Wildman–Crippen LogP) is 4.76. The summed E-state index contributed by atoms with van der Waals surface area (Å²) in [4.78, 5) is 32.2. The van der Waals surface area contributed by atoms with Crippen molar-refractivity contribution in [3.05, 3.63) is 17.0 Å². The number of carbonyl (C=O) groups excluding carboxylic acids is 2. The van der Waals surface area contributed by atoms with Crippen LogP contribution in [-0.4, -0.2) is 114 Å². The van der Waals surface area contributed by atoms with E-state index in [-0.39, 0.29) is 29.2 Å². The first-order valence-corrected chi connectivity index (χ1v) is 18.4. The molecule has 1 aromatic rings. The highest BCUT2D eigenvalue weighted by Crippen LogP contribution is 2.44. The molecule has 4 fully saturated rings. The number of rotatable bonds is 8. The number of amides is 2. The van der Waals surface area contributed by atoms with Crippen LogP contribution in [0.4, 0.5) is 18.0 Å². The van der Waals surface area contributed by atoms with Gasteiger partial charge < -0.3 is 19.1 Å². The van der Waals surface area contributed by atoms with Crippen LogP contribution in [0, 0.1) is 18.8 Å². The fraction of sp³-hybridized carbons (Fsp3) is 0.839. The van der Waals surface area contributed by atoms with E-state index in [1.54, 1.807) is 0 Å². The van der Waals surface area contributed by atoms with Crippen molar-refractivity contribution in [1.82, 2.24) is 24.2 Å². The van der Waals surface area contributed by atoms with Gasteiger partial charge in [-0.1, -0.05) is 24.9 Å². The fourth-order valence-electron chi connectivity index (χ4n) is 7.93. The van der Waals surface area contributed by atoms with Crippen LogP contribution in [0.5, 0.6) is 0 Å². The zero-order valence-corrected chi connectivity index (χ0v) is 28.2. The Bertz CT molecular complexity index is 1360. The number of hydrogen-bond donors (Lipinski definition) is 0. The van der Waals surface area contributed by atoms with Gasteiger partial charge in [-0.3, -0.25) is 9.69 Å². The molecule has 4 saturated heterocycles. The summed E-state index contributed by atoms with van der Waals surface area (Å²) in [6, 6.07) is 0. The summed E-state index contributed by atoms with van der Waals surface area (Å²) in [6.07, 6.45) is 3.29. The third-order valence-electron chi connectivity index (χ3n) is 11.0. The van der Waals surface area contributed by atoms with E-state index in [0.29, 0.717) is 65.0 Å². The molecule has 260 valence electrons. The van der Waals surface area contributed by atoms with Crippen molar-refractivity contribution in [2.24, 2.45) is 11.8 Å². The molecule has 5 rings (SSSR count). The van der Waals surface area contributed by atoms with Crippen molar-refractivity contribution in [3.8, 4) is 0 Å². The molecule has 1 atom stereocenters. The number of aryl methyl sites for hydroxylation is 1. The number of likely N-dealkylation sites (tertiary alicyclic amines) is 2. The van der Waals surface area contributed by atoms with Crippen LogP contribution in [0.1, 0.15) is 93.4 Å². The summed E-state index contributed by atoms with van der Waals surface area (Å²) in [6.45, 7) is 9.93. The summed E-state index contributed by atoms with van der Waals surface area (Å²) in [5.74, 6) is -1.62. The average Bonchev–Trinajstić information content (AvgIpc) is 3.40. The van der Waals surface area contributed by atoms with Crippen LogP contribution in [0.3, 0.4) is 0 Å². The van der Waals surface area contributed by atoms with E-state index in [0.717, 1.165) is 45.2 Å². The lowest BCUT2D eigenvalue weighted by Crippen LogP contribution is -2.64. The summed E-state index contributed by atoms with van der Waals surface area (Å²) < 4.78 is 76.5. The number of carbonyl (C=O) groups is 2. The van der Waals surface area contributed by atoms with Crippen molar-refractivity contribution in [2.45, 2.75) is 95.9 Å². The monoisotopic (exact) mass is 675 g/mol. The Balaban J connectivity index is 1.18. The van der Waals surface area contributed by atoms with Gasteiger partial charge in [-0.15, -0.1) is 0 Å². The van der Waals surface area contributed by atoms with Gasteiger partial charge in [0.25, 0.3) is 11.7 Å². The summed E-state index contributed by atoms with van der Waals surface area (Å²) >= 11 is 0. The molecular formula is C31H48F3N5O6S. The SMILES string of the molecule is CCCC[C@H]1CN(CC2CCN(S(C)(=O)=O)CC2)C(=O)OC12CCN(C1(C)CCN(C(=O)c3c(C)noc3C(F)(F)F)CC1)CC2. The second-order valence-electron chi connectivity index (χ2n) is 14.0. The van der Waals surface area contributed by atoms with E-state index < -0.39 is 39.0 Å². The van der Waals surface area contributed by atoms with Gasteiger partial charge in [0.05, 0.1) is 11.9 Å². The van der Waals surface area contributed by atoms with Crippen LogP contribution in [0.2, 0.25) is 0 Å². The van der Waals surface area contributed by atoms with Gasteiger partial charge in [-0.25, -0.2) is 17.5 Å². The molecule has 11 nitrogen and oxygen atoms in total. The van der Waals surface area contributed by atoms with E-state index in [9.17, 15) is 31.2 Å². The Morgan fingerprint density at radius 3 is 2.24 bits per heavy atom. The lowest BCUT2D eigenvalue weighted by molar-refractivity contribution is -0.156. The molecule has 0 unspecified atom stereocenters. The molecule has 2 amide bonds. The lowest BCUT2D eigenvalue weighted by atomic mass is 9.74. The van der Waals surface area contributed by atoms with Gasteiger partial charge in [0.15, 0.2) is 0 Å². The molecule has 46 heavy (non-hydrogen) atoms. The first kappa shape index (κ1) is 34.9. The van der Waals surface area contributed by atoms with E-state index in [4.69, 9.17) is 4.74 Å². The van der Waals surface area contributed by atoms with Crippen LogP contribution in [0.25, 0.3) is 0 Å². The fourth-order valence-corrected chi connectivity index (χ4v) is 8.81. The molecular weight excluding hydrogens is 627 g/mol. The Morgan fingerprint density at radius 1 is 1.04 bits per heavy atom. The van der Waals surface area contributed by atoms with Crippen molar-refractivity contribution in [2.75, 3.05) is 58.6 Å². The van der Waals surface area contributed by atoms with Gasteiger partial charge in [-0.05, 0) is 51.9 Å². The minimum Gasteiger partial charge on any atom is -0.442 e. The van der Waals surface area contributed by atoms with Crippen LogP contribution in [-0.2, 0) is 20.9 Å². The molecule has 15 heteroatoms. The topological polar surface area (TPSA) is 116 Å². The molecule has 5 heterocycles. The zero-order chi connectivity index (χ0) is 33.5. The van der Waals surface area contributed by atoms with E-state index in [1.807, 2.05) is 4.90 Å². The van der Waals surface area contributed by atoms with E-state index in [2.05, 4.69) is 28.4 Å². The Labute approximate surface area is 269 Å². The van der Waals surface area contributed by atoms with Crippen molar-refractivity contribution in [1.29, 1.82) is 0 Å². The third-order valence-corrected chi connectivity index (χ3v) is 12.3. The van der Waals surface area contributed by atoms with Crippen LogP contribution in [0.15, 0.2) is 4.52 Å². The summed E-state index contributed by atoms with van der Waals surface area (Å²) in [5, 5.41) is 3.41. The first-order valence-electron chi connectivity index (χ1n) is 16.6. The summed E-state index contributed by atoms with van der Waals surface area (Å²) in [5.41, 5.74) is -1.35. The molecule has 1 aromatic heterocycles. The number of alkyl halides is 3. The lowest BCUT2D eigenvalue weighted by Gasteiger charge is -2.55. The summed E-state index contributed by atoms with van der Waals surface area (Å²) in [7, 11) is -3.21. The second kappa shape index (κ2) is 13.3. The van der Waals surface area contributed by atoms with Crippen molar-refractivity contribution < 1.29 is 40.4 Å². The van der Waals surface area contributed by atoms with E-state index in [1.165, 1.54) is 22.4 Å². The number of hydrogen-bond acceptors (Lipinski definition) is 8. The molecule has 0 aromatic carbocycles. The highest BCUT2D eigenvalue weighted by molar-refractivity contribution is 7.88. The van der Waals surface area contributed by atoms with E-state index >= 15 is 0 Å². The number of ether oxygens (including phenoxy) is 1. The molecule has 4 aliphatic rings. The van der Waals surface area contributed by atoms with Gasteiger partial charge in [0.1, 0.15) is 11.2 Å². The maximum Gasteiger partial charge on any atom is 0.453 e. The molecule has 1 spiro atoms. The Kier molecular flexibility index (Phi) is 10.1. The number of nitrogens with zero attached hydrogens (tertiary/aromatic N) is 5. The third kappa shape index (κ3) is 7.20. The maximum atomic E-state index is 13.4. The van der Waals surface area contributed by atoms with Crippen LogP contribution < -0.4 is 0 Å². The highest BCUT2D eigenvalue weighted by atomic mass is 32.2. The van der Waals surface area contributed by atoms with Crippen molar-refractivity contribution in [3.63, 3.8) is 0 Å². The largest absolute Gasteiger partial charge is 0.453 e. The smallest absolute Gasteiger partial charge is 0.442 e. The number of piperidine rings is 3. The quantitative estimate of drug-likeness (QED) is 0.388. The average molecular weight is 676 g/mol. The zero-order valence-electron chi connectivity index (χ0n) is 27.4. The molecule has 0 saturated carbocycles. The number of halogens is 3. The van der Waals surface area contributed by atoms with Gasteiger partial charge >= 0.3 is 12.3 Å². The molecule has 0 bridgehead atoms. The highest BCUT2D eigenvalue weighted by Gasteiger charge is 2.52. The Morgan fingerprint density at radius 2 is 1.67 bits per heavy atom. The number of aromatic nitrogens is 1. The number of unbranched alkanes of at least 4 members (excludes halogenated alkanes) is 1. The Hall–Kier alpha value is -2.39. The van der Waals surface area contributed by atoms with Crippen LogP contribution >= 0.6 is 0 Å². The van der Waals surface area contributed by atoms with Crippen molar-refractivity contribution >= 4 is 22.0 Å². The molecule has 0 radical (unpaired) electrons. The standard InChI is InChI=1S/C31H48F3N5O6S/c1-5-6-7-24-21-37(20-23-8-14-39(15-9-23)46(4,42)43)28(41)44-30(24)12-18-38(19-13-30)29(3)10-16-36(17-11-29)27(40)25-22(2)35-45-26(25)31(32,33)34/h23-24H,5-21H2,1-4H3/t24-/m0/s1. The van der Waals surface area contributed by atoms with Gasteiger partial charge in [-0.2, -0.15) is 13.2 Å². The molecule has 0 N–H and O–H groups in total. The maximum absolute atomic E-state index is 13.4. The number of sulfonamides is 1. The molecule has 0 aliphatic carbocycles. The minimum absolute atomic E-state index is 0.0671. The second-order valence-corrected chi connectivity index (χ2v) is 16.0. The van der Waals surface area contributed by atoms with Gasteiger partial charge in [0, 0.05) is 76.7 Å².